The number of ether oxygens (including phenoxy) is 2. The van der Waals surface area contributed by atoms with Crippen molar-refractivity contribution in [1.29, 1.82) is 0 Å². The second-order valence-electron chi connectivity index (χ2n) is 12.3. The van der Waals surface area contributed by atoms with Gasteiger partial charge in [0, 0.05) is 19.2 Å². The minimum absolute atomic E-state index is 0.0185. The third-order valence-corrected chi connectivity index (χ3v) is 8.44. The summed E-state index contributed by atoms with van der Waals surface area (Å²) >= 11 is 0. The molecule has 2 heterocycles. The Balaban J connectivity index is 1.51. The second kappa shape index (κ2) is 13.6. The average Bonchev–Trinajstić information content (AvgIpc) is 3.50. The van der Waals surface area contributed by atoms with Gasteiger partial charge in [0.05, 0.1) is 11.1 Å². The largest absolute Gasteiger partial charge is 0.488 e. The third kappa shape index (κ3) is 7.21. The van der Waals surface area contributed by atoms with Gasteiger partial charge in [0.15, 0.2) is 11.9 Å². The summed E-state index contributed by atoms with van der Waals surface area (Å²) in [6.07, 6.45) is -7.05. The predicted octanol–water partition coefficient (Wildman–Crippen LogP) is 8.87. The van der Waals surface area contributed by atoms with Gasteiger partial charge in [-0.3, -0.25) is 0 Å². The molecule has 0 saturated heterocycles. The summed E-state index contributed by atoms with van der Waals surface area (Å²) in [5.41, 5.74) is 5.23. The van der Waals surface area contributed by atoms with E-state index < -0.39 is 18.0 Å². The number of alkyl halides is 3. The molecule has 1 N–H and O–H groups in total. The zero-order valence-corrected chi connectivity index (χ0v) is 26.6. The molecule has 0 saturated carbocycles. The fourth-order valence-corrected chi connectivity index (χ4v) is 5.88. The van der Waals surface area contributed by atoms with E-state index in [0.29, 0.717) is 29.2 Å². The monoisotopic (exact) mass is 642 g/mol. The molecular weight excluding hydrogens is 605 g/mol. The predicted molar refractivity (Wildman–Crippen MR) is 174 cm³/mol. The molecule has 1 aliphatic heterocycles. The van der Waals surface area contributed by atoms with Crippen LogP contribution in [0.5, 0.6) is 11.5 Å². The fourth-order valence-electron chi connectivity index (χ4n) is 5.88. The standard InChI is InChI=1S/C38H37F3N2O4/c1-24(2)30-19-31(33(46-23-26-12-8-5-9-13-26)20-32(30)45-22-25-10-6-4-7-11-25)36-34(35(42-47-36)37(44)38(39,40)41)28-14-15-29-21-43(3)17-16-27(29)18-28/h4-15,18-20,24,37,44H,16-17,21-23H2,1-3H3. The quantitative estimate of drug-likeness (QED) is 0.164. The number of aliphatic hydroxyl groups excluding tert-OH is 1. The Bertz CT molecular complexity index is 1820. The van der Waals surface area contributed by atoms with Crippen LogP contribution in [0, 0.1) is 0 Å². The number of rotatable bonds is 10. The Morgan fingerprint density at radius 1 is 0.851 bits per heavy atom. The zero-order chi connectivity index (χ0) is 33.1. The number of aliphatic hydroxyl groups is 1. The van der Waals surface area contributed by atoms with Gasteiger partial charge in [0.25, 0.3) is 0 Å². The Morgan fingerprint density at radius 3 is 2.11 bits per heavy atom. The van der Waals surface area contributed by atoms with Crippen LogP contribution in [-0.4, -0.2) is 34.9 Å². The molecule has 1 atom stereocenters. The first-order valence-corrected chi connectivity index (χ1v) is 15.6. The molecule has 0 bridgehead atoms. The number of halogens is 3. The maximum absolute atomic E-state index is 14.0. The minimum Gasteiger partial charge on any atom is -0.488 e. The van der Waals surface area contributed by atoms with Crippen molar-refractivity contribution in [1.82, 2.24) is 10.1 Å². The molecule has 47 heavy (non-hydrogen) atoms. The van der Waals surface area contributed by atoms with Gasteiger partial charge in [-0.15, -0.1) is 0 Å². The van der Waals surface area contributed by atoms with E-state index in [1.165, 1.54) is 0 Å². The van der Waals surface area contributed by atoms with Crippen LogP contribution in [0.3, 0.4) is 0 Å². The van der Waals surface area contributed by atoms with Gasteiger partial charge in [-0.2, -0.15) is 13.2 Å². The maximum Gasteiger partial charge on any atom is 0.420 e. The van der Waals surface area contributed by atoms with E-state index in [-0.39, 0.29) is 23.8 Å². The molecular formula is C38H37F3N2O4. The lowest BCUT2D eigenvalue weighted by atomic mass is 9.90. The van der Waals surface area contributed by atoms with Gasteiger partial charge in [0.2, 0.25) is 0 Å². The van der Waals surface area contributed by atoms with Crippen LogP contribution >= 0.6 is 0 Å². The lowest BCUT2D eigenvalue weighted by Crippen LogP contribution is -2.26. The molecule has 0 fully saturated rings. The van der Waals surface area contributed by atoms with Crippen LogP contribution in [0.15, 0.2) is 95.5 Å². The summed E-state index contributed by atoms with van der Waals surface area (Å²) in [5.74, 6) is 1.00. The number of hydrogen-bond donors (Lipinski definition) is 1. The van der Waals surface area contributed by atoms with Crippen LogP contribution in [0.2, 0.25) is 0 Å². The van der Waals surface area contributed by atoms with Crippen molar-refractivity contribution in [3.05, 3.63) is 125 Å². The van der Waals surface area contributed by atoms with E-state index >= 15 is 0 Å². The highest BCUT2D eigenvalue weighted by atomic mass is 19.4. The van der Waals surface area contributed by atoms with E-state index in [1.807, 2.05) is 99.8 Å². The van der Waals surface area contributed by atoms with Crippen molar-refractivity contribution in [3.8, 4) is 33.9 Å². The number of likely N-dealkylation sites (N-methyl/N-ethyl adjacent to an activating group) is 1. The third-order valence-electron chi connectivity index (χ3n) is 8.44. The molecule has 9 heteroatoms. The summed E-state index contributed by atoms with van der Waals surface area (Å²) in [4.78, 5) is 2.19. The summed E-state index contributed by atoms with van der Waals surface area (Å²) in [7, 11) is 2.03. The van der Waals surface area contributed by atoms with Gasteiger partial charge in [0.1, 0.15) is 30.4 Å². The number of benzene rings is 4. The van der Waals surface area contributed by atoms with Crippen LogP contribution in [-0.2, 0) is 26.2 Å². The minimum atomic E-state index is -4.95. The number of aromatic nitrogens is 1. The van der Waals surface area contributed by atoms with Gasteiger partial charge in [-0.1, -0.05) is 97.9 Å². The maximum atomic E-state index is 14.0. The Kier molecular flexibility index (Phi) is 9.38. The van der Waals surface area contributed by atoms with Gasteiger partial charge in [-0.25, -0.2) is 0 Å². The molecule has 5 aromatic rings. The highest BCUT2D eigenvalue weighted by Crippen LogP contribution is 2.47. The molecule has 6 rings (SSSR count). The smallest absolute Gasteiger partial charge is 0.420 e. The number of fused-ring (bicyclic) bond motifs is 1. The molecule has 244 valence electrons. The molecule has 0 spiro atoms. The van der Waals surface area contributed by atoms with Crippen molar-refractivity contribution in [2.24, 2.45) is 0 Å². The Hall–Kier alpha value is -4.60. The molecule has 6 nitrogen and oxygen atoms in total. The first kappa shape index (κ1) is 32.3. The van der Waals surface area contributed by atoms with E-state index in [9.17, 15) is 18.3 Å². The first-order valence-electron chi connectivity index (χ1n) is 15.6. The van der Waals surface area contributed by atoms with Crippen molar-refractivity contribution in [2.45, 2.75) is 58.2 Å². The topological polar surface area (TPSA) is 68.0 Å². The van der Waals surface area contributed by atoms with Crippen LogP contribution in [0.1, 0.15) is 59.4 Å². The van der Waals surface area contributed by atoms with Crippen LogP contribution < -0.4 is 9.47 Å². The van der Waals surface area contributed by atoms with Crippen molar-refractivity contribution >= 4 is 0 Å². The van der Waals surface area contributed by atoms with E-state index in [1.54, 1.807) is 12.1 Å². The second-order valence-corrected chi connectivity index (χ2v) is 12.3. The fraction of sp³-hybridized carbons (Fsp3) is 0.289. The molecule has 0 aliphatic carbocycles. The molecule has 1 aromatic heterocycles. The lowest BCUT2D eigenvalue weighted by Gasteiger charge is -2.25. The molecule has 0 radical (unpaired) electrons. The highest BCUT2D eigenvalue weighted by Gasteiger charge is 2.44. The zero-order valence-electron chi connectivity index (χ0n) is 26.6. The van der Waals surface area contributed by atoms with Crippen LogP contribution in [0.4, 0.5) is 13.2 Å². The SMILES string of the molecule is CC(C)c1cc(-c2onc(C(O)C(F)(F)F)c2-c2ccc3c(c2)CCN(C)C3)c(OCc2ccccc2)cc1OCc1ccccc1. The summed E-state index contributed by atoms with van der Waals surface area (Å²) in [6.45, 7) is 6.10. The van der Waals surface area contributed by atoms with Crippen LogP contribution in [0.25, 0.3) is 22.5 Å². The first-order chi connectivity index (χ1) is 22.6. The number of hydrogen-bond acceptors (Lipinski definition) is 6. The van der Waals surface area contributed by atoms with Gasteiger partial charge < -0.3 is 24.0 Å². The summed E-state index contributed by atoms with van der Waals surface area (Å²) < 4.78 is 60.5. The van der Waals surface area contributed by atoms with Crippen molar-refractivity contribution in [2.75, 3.05) is 13.6 Å². The van der Waals surface area contributed by atoms with Gasteiger partial charge in [-0.05, 0) is 58.8 Å². The molecule has 1 unspecified atom stereocenters. The van der Waals surface area contributed by atoms with E-state index in [2.05, 4.69) is 10.1 Å². The molecule has 4 aromatic carbocycles. The van der Waals surface area contributed by atoms with E-state index in [0.717, 1.165) is 47.3 Å². The number of nitrogens with zero attached hydrogens (tertiary/aromatic N) is 2. The van der Waals surface area contributed by atoms with Crippen molar-refractivity contribution in [3.63, 3.8) is 0 Å². The normalized spacial score (nSPS) is 14.2. The average molecular weight is 643 g/mol. The van der Waals surface area contributed by atoms with Gasteiger partial charge >= 0.3 is 6.18 Å². The summed E-state index contributed by atoms with van der Waals surface area (Å²) in [5, 5.41) is 14.4. The van der Waals surface area contributed by atoms with Crippen molar-refractivity contribution < 1.29 is 32.3 Å². The summed E-state index contributed by atoms with van der Waals surface area (Å²) in [6, 6.07) is 28.5. The molecule has 0 amide bonds. The Labute approximate surface area is 272 Å². The van der Waals surface area contributed by atoms with E-state index in [4.69, 9.17) is 14.0 Å². The Morgan fingerprint density at radius 2 is 1.49 bits per heavy atom. The highest BCUT2D eigenvalue weighted by molar-refractivity contribution is 5.85. The lowest BCUT2D eigenvalue weighted by molar-refractivity contribution is -0.208. The molecule has 1 aliphatic rings.